The smallest absolute Gasteiger partial charge is 0.161 e. The molecule has 0 bridgehead atoms. The van der Waals surface area contributed by atoms with Crippen molar-refractivity contribution in [2.45, 2.75) is 19.4 Å². The lowest BCUT2D eigenvalue weighted by Crippen LogP contribution is -2.02. The first-order valence-corrected chi connectivity index (χ1v) is 9.52. The van der Waals surface area contributed by atoms with Gasteiger partial charge in [0.05, 0.1) is 25.3 Å². The second-order valence-corrected chi connectivity index (χ2v) is 6.73. The van der Waals surface area contributed by atoms with Gasteiger partial charge in [-0.15, -0.1) is 0 Å². The normalized spacial score (nSPS) is 10.9. The molecule has 3 aromatic carbocycles. The summed E-state index contributed by atoms with van der Waals surface area (Å²) in [5, 5.41) is 0. The largest absolute Gasteiger partial charge is 0.493 e. The highest BCUT2D eigenvalue weighted by Crippen LogP contribution is 2.33. The van der Waals surface area contributed by atoms with Crippen LogP contribution in [0.25, 0.3) is 22.4 Å². The van der Waals surface area contributed by atoms with Crippen LogP contribution in [0.1, 0.15) is 12.0 Å². The van der Waals surface area contributed by atoms with Crippen LogP contribution in [-0.4, -0.2) is 23.8 Å². The number of fused-ring (bicyclic) bond motifs is 1. The van der Waals surface area contributed by atoms with Crippen LogP contribution in [0.5, 0.6) is 11.5 Å². The number of aryl methyl sites for hydroxylation is 2. The zero-order valence-corrected chi connectivity index (χ0v) is 16.3. The van der Waals surface area contributed by atoms with E-state index in [9.17, 15) is 0 Å². The van der Waals surface area contributed by atoms with Crippen molar-refractivity contribution >= 4 is 11.0 Å². The summed E-state index contributed by atoms with van der Waals surface area (Å²) >= 11 is 0. The third kappa shape index (κ3) is 3.58. The first kappa shape index (κ1) is 18.1. The minimum atomic E-state index is 0.711. The number of benzene rings is 3. The van der Waals surface area contributed by atoms with Crippen LogP contribution in [0.3, 0.4) is 0 Å². The van der Waals surface area contributed by atoms with Crippen molar-refractivity contribution in [2.24, 2.45) is 0 Å². The Morgan fingerprint density at radius 1 is 0.821 bits per heavy atom. The highest BCUT2D eigenvalue weighted by Gasteiger charge is 2.14. The molecule has 1 aromatic heterocycles. The van der Waals surface area contributed by atoms with Crippen LogP contribution in [0.4, 0.5) is 0 Å². The highest BCUT2D eigenvalue weighted by atomic mass is 16.5. The molecule has 0 saturated heterocycles. The van der Waals surface area contributed by atoms with Gasteiger partial charge in [-0.25, -0.2) is 4.98 Å². The van der Waals surface area contributed by atoms with Gasteiger partial charge in [0, 0.05) is 12.1 Å². The van der Waals surface area contributed by atoms with Crippen LogP contribution in [-0.2, 0) is 13.0 Å². The number of methoxy groups -OCH3 is 2. The van der Waals surface area contributed by atoms with Gasteiger partial charge in [0.15, 0.2) is 11.5 Å². The molecule has 28 heavy (non-hydrogen) atoms. The molecule has 4 nitrogen and oxygen atoms in total. The maximum Gasteiger partial charge on any atom is 0.161 e. The number of hydrogen-bond donors (Lipinski definition) is 0. The monoisotopic (exact) mass is 372 g/mol. The molecule has 0 aliphatic rings. The van der Waals surface area contributed by atoms with Crippen LogP contribution in [0, 0.1) is 0 Å². The summed E-state index contributed by atoms with van der Waals surface area (Å²) in [5.74, 6) is 2.39. The minimum absolute atomic E-state index is 0.711. The molecule has 4 aromatic rings. The SMILES string of the molecule is COc1ccc(-c2nc3ccccc3n2CCCc2ccccc2)cc1OC. The first-order valence-electron chi connectivity index (χ1n) is 9.52. The van der Waals surface area contributed by atoms with E-state index >= 15 is 0 Å². The maximum absolute atomic E-state index is 5.49. The van der Waals surface area contributed by atoms with Crippen LogP contribution in [0.2, 0.25) is 0 Å². The van der Waals surface area contributed by atoms with E-state index in [1.807, 2.05) is 24.3 Å². The average molecular weight is 372 g/mol. The van der Waals surface area contributed by atoms with Crippen molar-refractivity contribution in [3.05, 3.63) is 78.4 Å². The Labute approximate surface area is 165 Å². The van der Waals surface area contributed by atoms with E-state index in [1.165, 1.54) is 5.56 Å². The fraction of sp³-hybridized carbons (Fsp3) is 0.208. The molecule has 4 rings (SSSR count). The van der Waals surface area contributed by atoms with Crippen molar-refractivity contribution in [3.63, 3.8) is 0 Å². The molecule has 0 fully saturated rings. The molecule has 0 atom stereocenters. The number of ether oxygens (including phenoxy) is 2. The lowest BCUT2D eigenvalue weighted by molar-refractivity contribution is 0.355. The van der Waals surface area contributed by atoms with Gasteiger partial charge in [0.1, 0.15) is 5.82 Å². The summed E-state index contributed by atoms with van der Waals surface area (Å²) < 4.78 is 13.2. The van der Waals surface area contributed by atoms with Crippen molar-refractivity contribution in [1.82, 2.24) is 9.55 Å². The topological polar surface area (TPSA) is 36.3 Å². The molecule has 4 heteroatoms. The summed E-state index contributed by atoms with van der Waals surface area (Å²) in [4.78, 5) is 4.91. The van der Waals surface area contributed by atoms with E-state index in [-0.39, 0.29) is 0 Å². The van der Waals surface area contributed by atoms with Gasteiger partial charge in [-0.05, 0) is 48.7 Å². The molecule has 0 N–H and O–H groups in total. The Morgan fingerprint density at radius 2 is 1.57 bits per heavy atom. The molecule has 0 spiro atoms. The van der Waals surface area contributed by atoms with Crippen molar-refractivity contribution < 1.29 is 9.47 Å². The number of aromatic nitrogens is 2. The van der Waals surface area contributed by atoms with Crippen LogP contribution in [0.15, 0.2) is 72.8 Å². The van der Waals surface area contributed by atoms with Crippen LogP contribution < -0.4 is 9.47 Å². The van der Waals surface area contributed by atoms with Gasteiger partial charge in [0.25, 0.3) is 0 Å². The number of rotatable bonds is 7. The average Bonchev–Trinajstić information content (AvgIpc) is 3.12. The van der Waals surface area contributed by atoms with Gasteiger partial charge in [0.2, 0.25) is 0 Å². The molecule has 0 amide bonds. The zero-order valence-electron chi connectivity index (χ0n) is 16.3. The Balaban J connectivity index is 1.69. The highest BCUT2D eigenvalue weighted by molar-refractivity contribution is 5.81. The zero-order chi connectivity index (χ0) is 19.3. The summed E-state index contributed by atoms with van der Waals surface area (Å²) in [6.45, 7) is 0.902. The number of imidazole rings is 1. The third-order valence-corrected chi connectivity index (χ3v) is 4.99. The molecular formula is C24H24N2O2. The minimum Gasteiger partial charge on any atom is -0.493 e. The second kappa shape index (κ2) is 8.17. The van der Waals surface area contributed by atoms with Crippen LogP contribution >= 0.6 is 0 Å². The van der Waals surface area contributed by atoms with Gasteiger partial charge in [-0.2, -0.15) is 0 Å². The quantitative estimate of drug-likeness (QED) is 0.438. The standard InChI is InChI=1S/C24H24N2O2/c1-27-22-15-14-19(17-23(22)28-2)24-25-20-12-6-7-13-21(20)26(24)16-8-11-18-9-4-3-5-10-18/h3-7,9-10,12-15,17H,8,11,16H2,1-2H3. The van der Waals surface area contributed by atoms with Gasteiger partial charge < -0.3 is 14.0 Å². The number of para-hydroxylation sites is 2. The van der Waals surface area contributed by atoms with Crippen molar-refractivity contribution in [2.75, 3.05) is 14.2 Å². The van der Waals surface area contributed by atoms with E-state index in [1.54, 1.807) is 14.2 Å². The summed E-state index contributed by atoms with van der Waals surface area (Å²) in [6.07, 6.45) is 2.09. The Hall–Kier alpha value is -3.27. The molecule has 0 unspecified atom stereocenters. The van der Waals surface area contributed by atoms with E-state index in [0.29, 0.717) is 5.75 Å². The summed E-state index contributed by atoms with van der Waals surface area (Å²) in [6, 6.07) is 24.9. The predicted molar refractivity (Wildman–Crippen MR) is 113 cm³/mol. The summed E-state index contributed by atoms with van der Waals surface area (Å²) in [7, 11) is 3.31. The molecule has 1 heterocycles. The first-order chi connectivity index (χ1) is 13.8. The fourth-order valence-electron chi connectivity index (χ4n) is 3.58. The van der Waals surface area contributed by atoms with E-state index in [0.717, 1.165) is 47.6 Å². The second-order valence-electron chi connectivity index (χ2n) is 6.73. The summed E-state index contributed by atoms with van der Waals surface area (Å²) in [5.41, 5.74) is 4.54. The lowest BCUT2D eigenvalue weighted by Gasteiger charge is -2.12. The fourth-order valence-corrected chi connectivity index (χ4v) is 3.58. The van der Waals surface area contributed by atoms with Gasteiger partial charge >= 0.3 is 0 Å². The number of nitrogens with zero attached hydrogens (tertiary/aromatic N) is 2. The molecule has 0 radical (unpaired) electrons. The Kier molecular flexibility index (Phi) is 5.29. The van der Waals surface area contributed by atoms with Gasteiger partial charge in [-0.1, -0.05) is 42.5 Å². The molecule has 0 aliphatic heterocycles. The molecule has 0 saturated carbocycles. The van der Waals surface area contributed by atoms with Gasteiger partial charge in [-0.3, -0.25) is 0 Å². The molecule has 142 valence electrons. The Bertz CT molecular complexity index is 1070. The predicted octanol–water partition coefficient (Wildman–Crippen LogP) is 5.35. The molecule has 0 aliphatic carbocycles. The van der Waals surface area contributed by atoms with E-state index in [2.05, 4.69) is 53.1 Å². The lowest BCUT2D eigenvalue weighted by atomic mass is 10.1. The van der Waals surface area contributed by atoms with Crippen molar-refractivity contribution in [1.29, 1.82) is 0 Å². The number of hydrogen-bond acceptors (Lipinski definition) is 3. The maximum atomic E-state index is 5.49. The third-order valence-electron chi connectivity index (χ3n) is 4.99. The van der Waals surface area contributed by atoms with E-state index in [4.69, 9.17) is 14.5 Å². The van der Waals surface area contributed by atoms with Crippen molar-refractivity contribution in [3.8, 4) is 22.9 Å². The molecular weight excluding hydrogens is 348 g/mol. The Morgan fingerprint density at radius 3 is 2.36 bits per heavy atom. The van der Waals surface area contributed by atoms with E-state index < -0.39 is 0 Å².